The summed E-state index contributed by atoms with van der Waals surface area (Å²) in [6, 6.07) is 6.34. The molecule has 59 heavy (non-hydrogen) atoms. The Hall–Kier alpha value is -4.73. The summed E-state index contributed by atoms with van der Waals surface area (Å²) in [6.45, 7) is 9.55. The SMILES string of the molecule is C=C/C=C(\C(=C/N(C)C(C(=O)N[C@@H](CC(=O)OCC)c1cc(-c2c(O)ccc(C)c2C)cc(C)c1F)c1cc(CO)ccc1F)CCN1CC(F)C1)C(F)(F)F.CSC. The second kappa shape index (κ2) is 22.0. The number of aliphatic hydroxyl groups is 1. The van der Waals surface area contributed by atoms with E-state index in [1.54, 1.807) is 36.6 Å². The summed E-state index contributed by atoms with van der Waals surface area (Å²) >= 11 is 1.75. The number of phenolic OH excluding ortho intramolecular Hbond substituents is 1. The van der Waals surface area contributed by atoms with Crippen LogP contribution in [0.2, 0.25) is 0 Å². The molecule has 1 heterocycles. The number of ether oxygens (including phenoxy) is 1. The van der Waals surface area contributed by atoms with E-state index in [9.17, 15) is 37.4 Å². The van der Waals surface area contributed by atoms with Gasteiger partial charge >= 0.3 is 12.1 Å². The number of carbonyl (C=O) groups is 2. The van der Waals surface area contributed by atoms with Crippen molar-refractivity contribution < 1.29 is 50.9 Å². The monoisotopic (exact) mass is 849 g/mol. The highest BCUT2D eigenvalue weighted by molar-refractivity contribution is 7.97. The van der Waals surface area contributed by atoms with Gasteiger partial charge in [-0.2, -0.15) is 24.9 Å². The first-order valence-electron chi connectivity index (χ1n) is 18.9. The number of aliphatic hydroxyl groups excluding tert-OH is 1. The van der Waals surface area contributed by atoms with Crippen molar-refractivity contribution in [2.75, 3.05) is 45.8 Å². The predicted molar refractivity (Wildman–Crippen MR) is 220 cm³/mol. The molecule has 2 atom stereocenters. The van der Waals surface area contributed by atoms with Crippen LogP contribution in [-0.4, -0.2) is 90.0 Å². The number of halogens is 6. The summed E-state index contributed by atoms with van der Waals surface area (Å²) in [5.41, 5.74) is 0.669. The zero-order chi connectivity index (χ0) is 44.2. The van der Waals surface area contributed by atoms with E-state index >= 15 is 8.78 Å². The molecule has 3 aromatic rings. The number of aryl methyl sites for hydroxylation is 2. The van der Waals surface area contributed by atoms with Crippen LogP contribution in [0.1, 0.15) is 65.2 Å². The quantitative estimate of drug-likeness (QED) is 0.0746. The van der Waals surface area contributed by atoms with Crippen molar-refractivity contribution in [2.24, 2.45) is 0 Å². The Labute approximate surface area is 346 Å². The number of likely N-dealkylation sites (N-methyl/N-ethyl adjacent to an activating group) is 1. The van der Waals surface area contributed by atoms with Crippen LogP contribution in [0.4, 0.5) is 26.3 Å². The van der Waals surface area contributed by atoms with Gasteiger partial charge in [-0.1, -0.05) is 30.9 Å². The molecular weight excluding hydrogens is 797 g/mol. The summed E-state index contributed by atoms with van der Waals surface area (Å²) < 4.78 is 94.1. The van der Waals surface area contributed by atoms with Gasteiger partial charge in [0.05, 0.1) is 31.2 Å². The highest BCUT2D eigenvalue weighted by Gasteiger charge is 2.38. The van der Waals surface area contributed by atoms with Crippen LogP contribution >= 0.6 is 11.8 Å². The van der Waals surface area contributed by atoms with E-state index in [2.05, 4.69) is 11.9 Å². The Morgan fingerprint density at radius 1 is 1.07 bits per heavy atom. The number of amides is 1. The van der Waals surface area contributed by atoms with Gasteiger partial charge in [0.2, 0.25) is 5.91 Å². The molecule has 1 saturated heterocycles. The van der Waals surface area contributed by atoms with E-state index in [1.165, 1.54) is 44.3 Å². The second-order valence-corrected chi connectivity index (χ2v) is 15.0. The highest BCUT2D eigenvalue weighted by atomic mass is 32.2. The Morgan fingerprint density at radius 2 is 1.73 bits per heavy atom. The highest BCUT2D eigenvalue weighted by Crippen LogP contribution is 2.39. The van der Waals surface area contributed by atoms with Crippen LogP contribution < -0.4 is 5.32 Å². The van der Waals surface area contributed by atoms with E-state index in [4.69, 9.17) is 4.74 Å². The molecule has 8 nitrogen and oxygen atoms in total. The molecular formula is C44H53F6N3O5S. The molecule has 1 unspecified atom stereocenters. The number of phenols is 1. The van der Waals surface area contributed by atoms with Crippen LogP contribution in [0.25, 0.3) is 11.1 Å². The standard InChI is InChI=1S/C42H47F6N3O5.C2H6S/c1-7-9-33(42(46,47)48)28(14-15-51-21-30(43)22-51)20-50(6)40(31-17-27(23-52)11-12-34(31)44)41(55)49-35(19-37(54)56-8-2)32-18-29(16-25(4)39(32)45)38-26(5)24(3)10-13-36(38)53;1-3-2/h7,9-13,16-18,20,30,35,40,52-53H,1,8,14-15,19,21-23H2,2-6H3,(H,49,55);1-2H3/b28-20-,33-9+;/t35-,40?;/m0./s1. The molecule has 4 rings (SSSR count). The Balaban J connectivity index is 0.00000300. The lowest BCUT2D eigenvalue weighted by atomic mass is 9.90. The molecule has 0 aromatic heterocycles. The number of carbonyl (C=O) groups excluding carboxylic acids is 2. The minimum absolute atomic E-state index is 0.0430. The minimum Gasteiger partial charge on any atom is -0.507 e. The fraction of sp³-hybridized carbons (Fsp3) is 0.409. The number of rotatable bonds is 16. The van der Waals surface area contributed by atoms with Gasteiger partial charge in [0.15, 0.2) is 0 Å². The fourth-order valence-corrected chi connectivity index (χ4v) is 6.74. The number of nitrogens with one attached hydrogen (secondary N) is 1. The molecule has 0 aliphatic carbocycles. The first-order chi connectivity index (χ1) is 27.8. The Kier molecular flexibility index (Phi) is 18.2. The van der Waals surface area contributed by atoms with Crippen molar-refractivity contribution in [3.05, 3.63) is 124 Å². The third-order valence-electron chi connectivity index (χ3n) is 9.75. The molecule has 3 aromatic carbocycles. The maximum atomic E-state index is 16.2. The number of hydrogen-bond donors (Lipinski definition) is 3. The van der Waals surface area contributed by atoms with Gasteiger partial charge in [0.1, 0.15) is 29.6 Å². The summed E-state index contributed by atoms with van der Waals surface area (Å²) in [7, 11) is 1.26. The maximum absolute atomic E-state index is 16.2. The van der Waals surface area contributed by atoms with Gasteiger partial charge in [0, 0.05) is 49.6 Å². The van der Waals surface area contributed by atoms with Crippen molar-refractivity contribution in [1.82, 2.24) is 15.1 Å². The summed E-state index contributed by atoms with van der Waals surface area (Å²) in [4.78, 5) is 30.2. The third-order valence-corrected chi connectivity index (χ3v) is 9.75. The molecule has 15 heteroatoms. The molecule has 1 amide bonds. The third kappa shape index (κ3) is 12.9. The van der Waals surface area contributed by atoms with Gasteiger partial charge in [-0.05, 0) is 110 Å². The van der Waals surface area contributed by atoms with E-state index in [1.807, 2.05) is 19.4 Å². The molecule has 1 fully saturated rings. The second-order valence-electron chi connectivity index (χ2n) is 14.2. The minimum atomic E-state index is -4.88. The average molecular weight is 850 g/mol. The van der Waals surface area contributed by atoms with Gasteiger partial charge in [-0.25, -0.2) is 13.2 Å². The van der Waals surface area contributed by atoms with Crippen LogP contribution in [0.15, 0.2) is 78.5 Å². The number of nitrogens with zero attached hydrogens (tertiary/aromatic N) is 2. The van der Waals surface area contributed by atoms with Crippen molar-refractivity contribution in [3.8, 4) is 16.9 Å². The van der Waals surface area contributed by atoms with Crippen LogP contribution in [0.5, 0.6) is 5.75 Å². The van der Waals surface area contributed by atoms with Gasteiger partial charge in [0.25, 0.3) is 0 Å². The van der Waals surface area contributed by atoms with Crippen molar-refractivity contribution in [2.45, 2.75) is 71.6 Å². The summed E-state index contributed by atoms with van der Waals surface area (Å²) in [5.74, 6) is -3.68. The molecule has 1 aliphatic rings. The van der Waals surface area contributed by atoms with Gasteiger partial charge < -0.3 is 25.2 Å². The average Bonchev–Trinajstić information content (AvgIpc) is 3.15. The zero-order valence-corrected chi connectivity index (χ0v) is 35.2. The molecule has 0 bridgehead atoms. The van der Waals surface area contributed by atoms with E-state index < -0.39 is 66.5 Å². The number of thioether (sulfide) groups is 1. The number of benzene rings is 3. The van der Waals surface area contributed by atoms with Crippen LogP contribution in [0, 0.1) is 32.4 Å². The summed E-state index contributed by atoms with van der Waals surface area (Å²) in [5, 5.41) is 23.4. The largest absolute Gasteiger partial charge is 0.507 e. The lowest BCUT2D eigenvalue weighted by Crippen LogP contribution is -2.48. The first-order valence-corrected chi connectivity index (χ1v) is 20.5. The molecule has 322 valence electrons. The Morgan fingerprint density at radius 3 is 2.31 bits per heavy atom. The van der Waals surface area contributed by atoms with Gasteiger partial charge in [-0.3, -0.25) is 14.5 Å². The van der Waals surface area contributed by atoms with Crippen molar-refractivity contribution in [1.29, 1.82) is 0 Å². The Bertz CT molecular complexity index is 2020. The van der Waals surface area contributed by atoms with Crippen LogP contribution in [-0.2, 0) is 20.9 Å². The lowest BCUT2D eigenvalue weighted by Gasteiger charge is -2.35. The maximum Gasteiger partial charge on any atom is 0.416 e. The molecule has 3 N–H and O–H groups in total. The van der Waals surface area contributed by atoms with E-state index in [-0.39, 0.29) is 66.2 Å². The first kappa shape index (κ1) is 48.6. The van der Waals surface area contributed by atoms with Crippen molar-refractivity contribution in [3.63, 3.8) is 0 Å². The van der Waals surface area contributed by atoms with Crippen molar-refractivity contribution >= 4 is 23.6 Å². The number of aromatic hydroxyl groups is 1. The topological polar surface area (TPSA) is 102 Å². The molecule has 1 aliphatic heterocycles. The molecule has 0 spiro atoms. The van der Waals surface area contributed by atoms with E-state index in [0.717, 1.165) is 34.9 Å². The smallest absolute Gasteiger partial charge is 0.416 e. The number of allylic oxidation sites excluding steroid dienone is 3. The number of hydrogen-bond acceptors (Lipinski definition) is 8. The normalized spacial score (nSPS) is 14.7. The van der Waals surface area contributed by atoms with E-state index in [0.29, 0.717) is 16.7 Å². The number of alkyl halides is 4. The zero-order valence-electron chi connectivity index (χ0n) is 34.4. The number of likely N-dealkylation sites (tertiary alicyclic amines) is 1. The van der Waals surface area contributed by atoms with Gasteiger partial charge in [-0.15, -0.1) is 0 Å². The predicted octanol–water partition coefficient (Wildman–Crippen LogP) is 9.12. The molecule has 0 saturated carbocycles. The molecule has 0 radical (unpaired) electrons. The summed E-state index contributed by atoms with van der Waals surface area (Å²) in [6.07, 6.45) is 0.0201. The van der Waals surface area contributed by atoms with Crippen LogP contribution in [0.3, 0.4) is 0 Å². The lowest BCUT2D eigenvalue weighted by molar-refractivity contribution is -0.144. The number of esters is 1. The fourth-order valence-electron chi connectivity index (χ4n) is 6.74.